The van der Waals surface area contributed by atoms with Crippen molar-refractivity contribution in [3.05, 3.63) is 48.8 Å². The molecule has 0 bridgehead atoms. The highest BCUT2D eigenvalue weighted by molar-refractivity contribution is 7.99. The number of aromatic nitrogens is 4. The Hall–Kier alpha value is -2.87. The number of carbonyl (C=O) groups excluding carboxylic acids is 1. The molecule has 3 aromatic rings. The van der Waals surface area contributed by atoms with Crippen LogP contribution in [0.25, 0.3) is 17.1 Å². The molecule has 0 aliphatic heterocycles. The van der Waals surface area contributed by atoms with E-state index in [0.717, 1.165) is 17.0 Å². The highest BCUT2D eigenvalue weighted by Gasteiger charge is 2.18. The lowest BCUT2D eigenvalue weighted by atomic mass is 10.2. The first-order valence-electron chi connectivity index (χ1n) is 9.08. The Labute approximate surface area is 168 Å². The Balaban J connectivity index is 1.96. The van der Waals surface area contributed by atoms with Crippen LogP contribution in [0.1, 0.15) is 13.8 Å². The minimum atomic E-state index is 0.0854. The molecule has 1 aromatic carbocycles. The molecule has 0 saturated carbocycles. The van der Waals surface area contributed by atoms with Crippen LogP contribution in [0.15, 0.2) is 53.9 Å². The van der Waals surface area contributed by atoms with Crippen molar-refractivity contribution in [1.29, 1.82) is 0 Å². The predicted molar refractivity (Wildman–Crippen MR) is 110 cm³/mol. The Kier molecular flexibility index (Phi) is 6.65. The first kappa shape index (κ1) is 19.9. The van der Waals surface area contributed by atoms with E-state index >= 15 is 0 Å². The van der Waals surface area contributed by atoms with Crippen molar-refractivity contribution >= 4 is 17.7 Å². The van der Waals surface area contributed by atoms with E-state index in [9.17, 15) is 4.79 Å². The van der Waals surface area contributed by atoms with E-state index in [1.54, 1.807) is 19.5 Å². The summed E-state index contributed by atoms with van der Waals surface area (Å²) in [6.45, 7) is 5.35. The summed E-state index contributed by atoms with van der Waals surface area (Å²) in [5.41, 5.74) is 1.75. The zero-order valence-electron chi connectivity index (χ0n) is 16.2. The van der Waals surface area contributed by atoms with Crippen LogP contribution < -0.4 is 4.74 Å². The van der Waals surface area contributed by atoms with E-state index in [1.165, 1.54) is 11.8 Å². The second kappa shape index (κ2) is 9.36. The van der Waals surface area contributed by atoms with Crippen molar-refractivity contribution in [2.24, 2.45) is 0 Å². The molecule has 0 radical (unpaired) electrons. The average Bonchev–Trinajstić information content (AvgIpc) is 3.17. The smallest absolute Gasteiger partial charge is 0.233 e. The second-order valence-corrected chi connectivity index (χ2v) is 6.88. The van der Waals surface area contributed by atoms with Crippen molar-refractivity contribution in [1.82, 2.24) is 24.6 Å². The lowest BCUT2D eigenvalue weighted by Gasteiger charge is -2.18. The van der Waals surface area contributed by atoms with Gasteiger partial charge in [-0.2, -0.15) is 0 Å². The molecule has 1 amide bonds. The van der Waals surface area contributed by atoms with Crippen molar-refractivity contribution in [2.45, 2.75) is 19.0 Å². The quantitative estimate of drug-likeness (QED) is 0.543. The van der Waals surface area contributed by atoms with Crippen LogP contribution in [0.4, 0.5) is 0 Å². The van der Waals surface area contributed by atoms with Crippen LogP contribution in [0.5, 0.6) is 5.75 Å². The number of hydrogen-bond acceptors (Lipinski definition) is 6. The first-order chi connectivity index (χ1) is 13.7. The third-order valence-corrected chi connectivity index (χ3v) is 5.24. The molecule has 3 rings (SSSR count). The molecule has 28 heavy (non-hydrogen) atoms. The van der Waals surface area contributed by atoms with Crippen LogP contribution in [0.3, 0.4) is 0 Å². The average molecular weight is 398 g/mol. The van der Waals surface area contributed by atoms with Gasteiger partial charge in [0.15, 0.2) is 11.0 Å². The molecule has 0 spiro atoms. The SMILES string of the molecule is CCN(CC)C(=O)CSc1nnc(-c2cccnc2)n1-c1ccc(OC)cc1. The minimum Gasteiger partial charge on any atom is -0.497 e. The summed E-state index contributed by atoms with van der Waals surface area (Å²) in [5.74, 6) is 1.84. The van der Waals surface area contributed by atoms with Gasteiger partial charge in [-0.15, -0.1) is 10.2 Å². The van der Waals surface area contributed by atoms with Gasteiger partial charge in [0, 0.05) is 36.7 Å². The topological polar surface area (TPSA) is 73.1 Å². The maximum atomic E-state index is 12.4. The standard InChI is InChI=1S/C20H23N5O2S/c1-4-24(5-2)18(26)14-28-20-23-22-19(15-7-6-12-21-13-15)25(20)16-8-10-17(27-3)11-9-16/h6-13H,4-5,14H2,1-3H3. The van der Waals surface area contributed by atoms with Crippen LogP contribution in [-0.4, -0.2) is 56.5 Å². The third-order valence-electron chi connectivity index (χ3n) is 4.32. The number of pyridine rings is 1. The van der Waals surface area contributed by atoms with E-state index in [-0.39, 0.29) is 5.91 Å². The fourth-order valence-electron chi connectivity index (χ4n) is 2.80. The number of benzene rings is 1. The fourth-order valence-corrected chi connectivity index (χ4v) is 3.66. The molecule has 7 nitrogen and oxygen atoms in total. The maximum Gasteiger partial charge on any atom is 0.233 e. The zero-order valence-corrected chi connectivity index (χ0v) is 17.0. The van der Waals surface area contributed by atoms with Gasteiger partial charge in [-0.1, -0.05) is 11.8 Å². The summed E-state index contributed by atoms with van der Waals surface area (Å²) < 4.78 is 7.20. The van der Waals surface area contributed by atoms with Crippen molar-refractivity contribution in [2.75, 3.05) is 26.0 Å². The summed E-state index contributed by atoms with van der Waals surface area (Å²) in [4.78, 5) is 18.4. The summed E-state index contributed by atoms with van der Waals surface area (Å²) in [5, 5.41) is 9.36. The van der Waals surface area contributed by atoms with Crippen molar-refractivity contribution in [3.8, 4) is 22.8 Å². The van der Waals surface area contributed by atoms with Crippen molar-refractivity contribution < 1.29 is 9.53 Å². The molecular weight excluding hydrogens is 374 g/mol. The van der Waals surface area contributed by atoms with Gasteiger partial charge in [-0.3, -0.25) is 14.3 Å². The van der Waals surface area contributed by atoms with Crippen LogP contribution in [0, 0.1) is 0 Å². The summed E-state index contributed by atoms with van der Waals surface area (Å²) in [6.07, 6.45) is 3.47. The molecule has 0 aliphatic rings. The van der Waals surface area contributed by atoms with Gasteiger partial charge in [-0.05, 0) is 50.2 Å². The fraction of sp³-hybridized carbons (Fsp3) is 0.300. The third kappa shape index (κ3) is 4.33. The Morgan fingerprint density at radius 1 is 1.14 bits per heavy atom. The molecule has 0 saturated heterocycles. The number of nitrogens with zero attached hydrogens (tertiary/aromatic N) is 5. The van der Waals surface area contributed by atoms with Gasteiger partial charge >= 0.3 is 0 Å². The highest BCUT2D eigenvalue weighted by Crippen LogP contribution is 2.28. The van der Waals surface area contributed by atoms with Gasteiger partial charge in [0.2, 0.25) is 5.91 Å². The lowest BCUT2D eigenvalue weighted by molar-refractivity contribution is -0.127. The summed E-state index contributed by atoms with van der Waals surface area (Å²) in [6, 6.07) is 11.5. The van der Waals surface area contributed by atoms with E-state index in [1.807, 2.05) is 59.7 Å². The normalized spacial score (nSPS) is 10.7. The van der Waals surface area contributed by atoms with Crippen LogP contribution in [-0.2, 0) is 4.79 Å². The van der Waals surface area contributed by atoms with Crippen LogP contribution >= 0.6 is 11.8 Å². The highest BCUT2D eigenvalue weighted by atomic mass is 32.2. The molecule has 146 valence electrons. The van der Waals surface area contributed by atoms with Gasteiger partial charge in [-0.25, -0.2) is 0 Å². The van der Waals surface area contributed by atoms with Gasteiger partial charge in [0.05, 0.1) is 12.9 Å². The second-order valence-electron chi connectivity index (χ2n) is 5.94. The van der Waals surface area contributed by atoms with E-state index in [2.05, 4.69) is 15.2 Å². The number of hydrogen-bond donors (Lipinski definition) is 0. The number of rotatable bonds is 8. The Morgan fingerprint density at radius 2 is 1.89 bits per heavy atom. The summed E-state index contributed by atoms with van der Waals surface area (Å²) >= 11 is 1.38. The van der Waals surface area contributed by atoms with E-state index in [4.69, 9.17) is 4.74 Å². The molecule has 8 heteroatoms. The van der Waals surface area contributed by atoms with E-state index < -0.39 is 0 Å². The molecule has 2 aromatic heterocycles. The predicted octanol–water partition coefficient (Wildman–Crippen LogP) is 3.30. The monoisotopic (exact) mass is 397 g/mol. The van der Waals surface area contributed by atoms with Crippen molar-refractivity contribution in [3.63, 3.8) is 0 Å². The number of amides is 1. The lowest BCUT2D eigenvalue weighted by Crippen LogP contribution is -2.31. The molecule has 0 fully saturated rings. The van der Waals surface area contributed by atoms with Gasteiger partial charge < -0.3 is 9.64 Å². The number of ether oxygens (including phenoxy) is 1. The van der Waals surface area contributed by atoms with Gasteiger partial charge in [0.1, 0.15) is 5.75 Å². The number of carbonyl (C=O) groups is 1. The molecule has 0 aliphatic carbocycles. The minimum absolute atomic E-state index is 0.0854. The number of thioether (sulfide) groups is 1. The van der Waals surface area contributed by atoms with Crippen LogP contribution in [0.2, 0.25) is 0 Å². The molecule has 0 atom stereocenters. The Bertz CT molecular complexity index is 908. The Morgan fingerprint density at radius 3 is 2.50 bits per heavy atom. The number of methoxy groups -OCH3 is 1. The molecule has 0 N–H and O–H groups in total. The van der Waals surface area contributed by atoms with E-state index in [0.29, 0.717) is 29.8 Å². The first-order valence-corrected chi connectivity index (χ1v) is 10.1. The maximum absolute atomic E-state index is 12.4. The van der Waals surface area contributed by atoms with Gasteiger partial charge in [0.25, 0.3) is 0 Å². The molecule has 0 unspecified atom stereocenters. The largest absolute Gasteiger partial charge is 0.497 e. The molecular formula is C20H23N5O2S. The summed E-state index contributed by atoms with van der Waals surface area (Å²) in [7, 11) is 1.63. The molecule has 2 heterocycles. The zero-order chi connectivity index (χ0) is 19.9.